The number of carboxylic acid groups (broad SMARTS) is 1. The normalized spacial score (nSPS) is 14.2. The molecule has 0 aromatic carbocycles. The molecule has 13 heteroatoms. The van der Waals surface area contributed by atoms with Crippen LogP contribution in [0.4, 0.5) is 0 Å². The number of quaternary nitrogens is 1. The minimum Gasteiger partial charge on any atom is -0.756 e. The zero-order chi connectivity index (χ0) is 41.4. The van der Waals surface area contributed by atoms with Gasteiger partial charge in [-0.2, -0.15) is 0 Å². The van der Waals surface area contributed by atoms with Crippen LogP contribution in [0.3, 0.4) is 0 Å². The van der Waals surface area contributed by atoms with E-state index in [1.54, 1.807) is 0 Å². The van der Waals surface area contributed by atoms with Crippen molar-refractivity contribution in [1.82, 2.24) is 0 Å². The topological polar surface area (TPSA) is 179 Å². The monoisotopic (exact) mass is 829 g/mol. The zero-order valence-electron chi connectivity index (χ0n) is 35.5. The van der Waals surface area contributed by atoms with E-state index < -0.39 is 57.7 Å². The third-order valence-corrected chi connectivity index (χ3v) is 9.44. The summed E-state index contributed by atoms with van der Waals surface area (Å²) in [6.45, 7) is 2.50. The van der Waals surface area contributed by atoms with Gasteiger partial charge in [-0.3, -0.25) is 14.2 Å². The van der Waals surface area contributed by atoms with Gasteiger partial charge >= 0.3 is 41.5 Å². The maximum atomic E-state index is 12.6. The second-order valence-corrected chi connectivity index (χ2v) is 15.2. The van der Waals surface area contributed by atoms with Crippen molar-refractivity contribution in [2.75, 3.05) is 19.8 Å². The first-order valence-corrected chi connectivity index (χ1v) is 22.5. The predicted octanol–water partition coefficient (Wildman–Crippen LogP) is 5.27. The molecule has 0 bridgehead atoms. The predicted molar refractivity (Wildman–Crippen MR) is 220 cm³/mol. The molecule has 0 heterocycles. The fourth-order valence-electron chi connectivity index (χ4n) is 5.21. The number of hydrogen-bond acceptors (Lipinski definition) is 10. The average molecular weight is 830 g/mol. The van der Waals surface area contributed by atoms with Gasteiger partial charge in [0, 0.05) is 12.8 Å². The Morgan fingerprint density at radius 2 is 1.00 bits per heavy atom. The number of carbonyl (C=O) groups is 3. The van der Waals surface area contributed by atoms with Crippen LogP contribution in [0.15, 0.2) is 72.9 Å². The molecule has 0 spiro atoms. The average Bonchev–Trinajstić information content (AvgIpc) is 3.17. The third kappa shape index (κ3) is 41.9. The van der Waals surface area contributed by atoms with E-state index in [1.807, 2.05) is 18.2 Å². The second kappa shape index (κ2) is 42.1. The number of hydrogen-bond donors (Lipinski definition) is 1. The van der Waals surface area contributed by atoms with Crippen LogP contribution in [0.5, 0.6) is 0 Å². The van der Waals surface area contributed by atoms with Gasteiger partial charge in [-0.05, 0) is 51.4 Å². The van der Waals surface area contributed by atoms with Crippen LogP contribution in [0, 0.1) is 0 Å². The van der Waals surface area contributed by atoms with Crippen molar-refractivity contribution < 1.29 is 82.8 Å². The van der Waals surface area contributed by atoms with Gasteiger partial charge in [-0.15, -0.1) is 0 Å². The molecule has 0 saturated carbocycles. The SMILES string of the molecule is CC/C=C\C/C=C\C/C=C\C/C=C\C/C=C\C/C=C\CCC(=O)O[C@H](COC(=O)CCCCCCCCCCCCCCC)COP(=O)([O-])OC[C@H]([NH3+])C(=O)[O-].[Na+]. The molecule has 0 aliphatic carbocycles. The van der Waals surface area contributed by atoms with Crippen LogP contribution in [-0.2, 0) is 37.5 Å². The number of esters is 2. The van der Waals surface area contributed by atoms with Gasteiger partial charge in [0.15, 0.2) is 6.10 Å². The van der Waals surface area contributed by atoms with Gasteiger partial charge in [0.1, 0.15) is 25.2 Å². The Bertz CT molecular complexity index is 1230. The van der Waals surface area contributed by atoms with Crippen molar-refractivity contribution in [2.45, 2.75) is 167 Å². The number of unbranched alkanes of at least 4 members (excludes halogenated alkanes) is 12. The Kier molecular flexibility index (Phi) is 42.1. The van der Waals surface area contributed by atoms with E-state index in [0.29, 0.717) is 19.3 Å². The summed E-state index contributed by atoms with van der Waals surface area (Å²) in [4.78, 5) is 48.0. The van der Waals surface area contributed by atoms with Crippen LogP contribution in [0.1, 0.15) is 155 Å². The number of allylic oxidation sites excluding steroid dienone is 12. The summed E-state index contributed by atoms with van der Waals surface area (Å²) in [5.74, 6) is -2.69. The molecule has 0 amide bonds. The fourth-order valence-corrected chi connectivity index (χ4v) is 5.99. The van der Waals surface area contributed by atoms with E-state index in [9.17, 15) is 28.9 Å². The van der Waals surface area contributed by atoms with Crippen molar-refractivity contribution in [3.8, 4) is 0 Å². The van der Waals surface area contributed by atoms with E-state index in [2.05, 4.69) is 78.8 Å². The van der Waals surface area contributed by atoms with Crippen LogP contribution >= 0.6 is 7.82 Å². The number of carboxylic acids is 1. The Morgan fingerprint density at radius 1 is 0.579 bits per heavy atom. The molecular formula is C44H73NNaO10P. The van der Waals surface area contributed by atoms with Gasteiger partial charge in [0.25, 0.3) is 7.82 Å². The first-order valence-electron chi connectivity index (χ1n) is 21.0. The minimum atomic E-state index is -4.97. The van der Waals surface area contributed by atoms with Gasteiger partial charge in [0.05, 0.1) is 6.61 Å². The first-order chi connectivity index (χ1) is 27.1. The largest absolute Gasteiger partial charge is 1.00 e. The fraction of sp³-hybridized carbons (Fsp3) is 0.659. The van der Waals surface area contributed by atoms with Crippen LogP contribution in [0.25, 0.3) is 0 Å². The summed E-state index contributed by atoms with van der Waals surface area (Å²) < 4.78 is 32.2. The first kappa shape index (κ1) is 57.0. The Labute approximate surface area is 366 Å². The van der Waals surface area contributed by atoms with E-state index >= 15 is 0 Å². The molecule has 57 heavy (non-hydrogen) atoms. The van der Waals surface area contributed by atoms with E-state index in [1.165, 1.54) is 57.8 Å². The number of aliphatic carboxylic acids is 1. The quantitative estimate of drug-likeness (QED) is 0.0284. The molecule has 320 valence electrons. The molecule has 0 fully saturated rings. The van der Waals surface area contributed by atoms with Gasteiger partial charge in [0.2, 0.25) is 0 Å². The van der Waals surface area contributed by atoms with Gasteiger partial charge < -0.3 is 39.0 Å². The van der Waals surface area contributed by atoms with Crippen molar-refractivity contribution >= 4 is 25.7 Å². The summed E-state index contributed by atoms with van der Waals surface area (Å²) in [6.07, 6.45) is 45.3. The number of phosphoric acid groups is 1. The van der Waals surface area contributed by atoms with Crippen molar-refractivity contribution in [2.24, 2.45) is 0 Å². The molecule has 0 aromatic rings. The number of carbonyl (C=O) groups excluding carboxylic acids is 3. The van der Waals surface area contributed by atoms with Gasteiger partial charge in [-0.1, -0.05) is 164 Å². The Balaban J connectivity index is 0. The summed E-state index contributed by atoms with van der Waals surface area (Å²) in [5.41, 5.74) is 3.23. The smallest absolute Gasteiger partial charge is 0.756 e. The Hall–Kier alpha value is -2.08. The Morgan fingerprint density at radius 3 is 1.46 bits per heavy atom. The maximum absolute atomic E-state index is 12.6. The van der Waals surface area contributed by atoms with Crippen LogP contribution in [-0.4, -0.2) is 49.9 Å². The van der Waals surface area contributed by atoms with Crippen molar-refractivity contribution in [1.29, 1.82) is 0 Å². The molecule has 3 atom stereocenters. The van der Waals surface area contributed by atoms with Crippen LogP contribution in [0.2, 0.25) is 0 Å². The molecule has 0 aliphatic heterocycles. The molecule has 0 radical (unpaired) electrons. The standard InChI is InChI=1S/C44H74NO10P.Na/c1-3-5-7-9-11-13-15-17-18-19-20-21-22-24-26-28-30-32-34-36-43(47)55-40(38-53-56(50,51)54-39-41(45)44(48)49)37-52-42(46)35-33-31-29-27-25-23-16-14-12-10-8-6-4-2;/h5,7,11,13,17-18,20-21,24,26,30,32,40-41H,3-4,6,8-10,12,14-16,19,22-23,25,27-29,31,33-39,45H2,1-2H3,(H,48,49)(H,50,51);/q;+1/p-1/b7-5-,13-11-,18-17-,21-20-,26-24-,32-30-;/t40-,41+;/m1./s1. The molecule has 0 aliphatic rings. The summed E-state index contributed by atoms with van der Waals surface area (Å²) in [7, 11) is -4.97. The van der Waals surface area contributed by atoms with E-state index in [4.69, 9.17) is 14.0 Å². The summed E-state index contributed by atoms with van der Waals surface area (Å²) in [6, 6.07) is -1.44. The van der Waals surface area contributed by atoms with Crippen molar-refractivity contribution in [3.63, 3.8) is 0 Å². The number of phosphoric ester groups is 1. The molecular weight excluding hydrogens is 756 g/mol. The molecule has 3 N–H and O–H groups in total. The molecule has 0 saturated heterocycles. The van der Waals surface area contributed by atoms with Gasteiger partial charge in [-0.25, -0.2) is 0 Å². The molecule has 0 rings (SSSR count). The molecule has 0 aromatic heterocycles. The second-order valence-electron chi connectivity index (χ2n) is 13.8. The molecule has 11 nitrogen and oxygen atoms in total. The molecule has 1 unspecified atom stereocenters. The summed E-state index contributed by atoms with van der Waals surface area (Å²) in [5, 5.41) is 10.8. The van der Waals surface area contributed by atoms with E-state index in [0.717, 1.165) is 51.4 Å². The maximum Gasteiger partial charge on any atom is 1.00 e. The van der Waals surface area contributed by atoms with Crippen molar-refractivity contribution in [3.05, 3.63) is 72.9 Å². The summed E-state index contributed by atoms with van der Waals surface area (Å²) >= 11 is 0. The number of ether oxygens (including phenoxy) is 2. The van der Waals surface area contributed by atoms with E-state index in [-0.39, 0.29) is 42.4 Å². The minimum absolute atomic E-state index is 0. The zero-order valence-corrected chi connectivity index (χ0v) is 38.4. The third-order valence-electron chi connectivity index (χ3n) is 8.51. The van der Waals surface area contributed by atoms with Crippen LogP contribution < -0.4 is 45.3 Å². The number of rotatable bonds is 38.